The number of carbonyl (C=O) groups is 2. The maximum Gasteiger partial charge on any atom is 0.347 e. The number of amides is 1. The molecule has 0 fully saturated rings. The summed E-state index contributed by atoms with van der Waals surface area (Å²) in [4.78, 5) is 24.4. The number of nitrogens with one attached hydrogen (secondary N) is 1. The van der Waals surface area contributed by atoms with Crippen LogP contribution in [0.3, 0.4) is 0 Å². The van der Waals surface area contributed by atoms with Crippen LogP contribution in [0.25, 0.3) is 10.8 Å². The molecule has 0 radical (unpaired) electrons. The number of rotatable bonds is 7. The summed E-state index contributed by atoms with van der Waals surface area (Å²) in [6.45, 7) is 3.03. The molecular weight excluding hydrogens is 380 g/mol. The van der Waals surface area contributed by atoms with Crippen molar-refractivity contribution in [2.75, 3.05) is 6.61 Å². The van der Waals surface area contributed by atoms with Gasteiger partial charge in [0.25, 0.3) is 5.91 Å². The number of carbonyl (C=O) groups excluding carboxylic acids is 2. The summed E-state index contributed by atoms with van der Waals surface area (Å²) < 4.78 is 10.6. The molecule has 1 amide bonds. The smallest absolute Gasteiger partial charge is 0.347 e. The molecule has 3 aromatic rings. The minimum Gasteiger partial charge on any atom is -0.479 e. The van der Waals surface area contributed by atoms with E-state index in [1.54, 1.807) is 24.3 Å². The van der Waals surface area contributed by atoms with Gasteiger partial charge in [-0.1, -0.05) is 42.5 Å². The average molecular weight is 402 g/mol. The first-order valence-corrected chi connectivity index (χ1v) is 9.58. The van der Waals surface area contributed by atoms with Crippen LogP contribution < -0.4 is 10.1 Å². The van der Waals surface area contributed by atoms with E-state index in [1.807, 2.05) is 55.5 Å². The SMILES string of the molecule is C[C@H](NC(=O)COC(=O)[C@@H](C)Oc1ccc(C#N)cc1)c1cccc2ccccc12. The van der Waals surface area contributed by atoms with Crippen LogP contribution in [0.15, 0.2) is 66.7 Å². The van der Waals surface area contributed by atoms with E-state index >= 15 is 0 Å². The van der Waals surface area contributed by atoms with E-state index < -0.39 is 24.6 Å². The van der Waals surface area contributed by atoms with Crippen LogP contribution in [0.1, 0.15) is 31.0 Å². The monoisotopic (exact) mass is 402 g/mol. The number of ether oxygens (including phenoxy) is 2. The lowest BCUT2D eigenvalue weighted by Crippen LogP contribution is -2.34. The first-order valence-electron chi connectivity index (χ1n) is 9.58. The van der Waals surface area contributed by atoms with Crippen molar-refractivity contribution in [2.45, 2.75) is 26.0 Å². The van der Waals surface area contributed by atoms with Crippen molar-refractivity contribution in [3.63, 3.8) is 0 Å². The fourth-order valence-corrected chi connectivity index (χ4v) is 3.10. The van der Waals surface area contributed by atoms with E-state index in [0.29, 0.717) is 11.3 Å². The number of benzene rings is 3. The molecule has 0 unspecified atom stereocenters. The quantitative estimate of drug-likeness (QED) is 0.606. The van der Waals surface area contributed by atoms with Gasteiger partial charge in [0.2, 0.25) is 0 Å². The Morgan fingerprint density at radius 2 is 1.70 bits per heavy atom. The normalized spacial score (nSPS) is 12.4. The van der Waals surface area contributed by atoms with Crippen molar-refractivity contribution >= 4 is 22.6 Å². The van der Waals surface area contributed by atoms with E-state index in [1.165, 1.54) is 6.92 Å². The maximum absolute atomic E-state index is 12.3. The Balaban J connectivity index is 1.51. The van der Waals surface area contributed by atoms with Gasteiger partial charge < -0.3 is 14.8 Å². The third-order valence-electron chi connectivity index (χ3n) is 4.64. The number of hydrogen-bond donors (Lipinski definition) is 1. The Labute approximate surface area is 175 Å². The molecule has 152 valence electrons. The Hall–Kier alpha value is -3.85. The number of fused-ring (bicyclic) bond motifs is 1. The average Bonchev–Trinajstić information content (AvgIpc) is 2.77. The summed E-state index contributed by atoms with van der Waals surface area (Å²) in [5.41, 5.74) is 1.49. The minimum atomic E-state index is -0.888. The largest absolute Gasteiger partial charge is 0.479 e. The van der Waals surface area contributed by atoms with E-state index in [4.69, 9.17) is 14.7 Å². The molecule has 0 bridgehead atoms. The van der Waals surface area contributed by atoms with Crippen LogP contribution in [0, 0.1) is 11.3 Å². The second-order valence-electron chi connectivity index (χ2n) is 6.86. The molecule has 1 N–H and O–H groups in total. The van der Waals surface area contributed by atoms with E-state index in [2.05, 4.69) is 5.32 Å². The predicted molar refractivity (Wildman–Crippen MR) is 113 cm³/mol. The van der Waals surface area contributed by atoms with E-state index in [9.17, 15) is 9.59 Å². The van der Waals surface area contributed by atoms with Crippen LogP contribution in [0.5, 0.6) is 5.75 Å². The summed E-state index contributed by atoms with van der Waals surface area (Å²) in [7, 11) is 0. The van der Waals surface area contributed by atoms with Gasteiger partial charge in [0.15, 0.2) is 12.7 Å². The lowest BCUT2D eigenvalue weighted by molar-refractivity contribution is -0.154. The highest BCUT2D eigenvalue weighted by molar-refractivity contribution is 5.87. The van der Waals surface area contributed by atoms with Crippen LogP contribution in [0.4, 0.5) is 0 Å². The summed E-state index contributed by atoms with van der Waals surface area (Å²) in [5, 5.41) is 13.8. The van der Waals surface area contributed by atoms with Gasteiger partial charge in [-0.3, -0.25) is 4.79 Å². The van der Waals surface area contributed by atoms with Gasteiger partial charge in [-0.2, -0.15) is 5.26 Å². The summed E-state index contributed by atoms with van der Waals surface area (Å²) in [6.07, 6.45) is -0.888. The number of nitrogens with zero attached hydrogens (tertiary/aromatic N) is 1. The fraction of sp³-hybridized carbons (Fsp3) is 0.208. The van der Waals surface area contributed by atoms with Crippen molar-refractivity contribution in [3.05, 3.63) is 77.9 Å². The van der Waals surface area contributed by atoms with Gasteiger partial charge in [0.1, 0.15) is 5.75 Å². The molecule has 30 heavy (non-hydrogen) atoms. The predicted octanol–water partition coefficient (Wildman–Crippen LogP) is 3.90. The molecule has 0 aliphatic heterocycles. The van der Waals surface area contributed by atoms with Gasteiger partial charge in [0.05, 0.1) is 17.7 Å². The fourth-order valence-electron chi connectivity index (χ4n) is 3.10. The third kappa shape index (κ3) is 5.15. The zero-order valence-electron chi connectivity index (χ0n) is 16.8. The zero-order chi connectivity index (χ0) is 21.5. The first-order chi connectivity index (χ1) is 14.5. The Bertz CT molecular complexity index is 1080. The highest BCUT2D eigenvalue weighted by Crippen LogP contribution is 2.24. The van der Waals surface area contributed by atoms with E-state index in [-0.39, 0.29) is 6.04 Å². The van der Waals surface area contributed by atoms with Gasteiger partial charge >= 0.3 is 5.97 Å². The molecule has 0 heterocycles. The number of hydrogen-bond acceptors (Lipinski definition) is 5. The molecule has 0 saturated heterocycles. The van der Waals surface area contributed by atoms with Gasteiger partial charge in [-0.25, -0.2) is 4.79 Å². The highest BCUT2D eigenvalue weighted by atomic mass is 16.6. The maximum atomic E-state index is 12.3. The molecule has 0 saturated carbocycles. The van der Waals surface area contributed by atoms with Crippen molar-refractivity contribution < 1.29 is 19.1 Å². The molecule has 3 rings (SSSR count). The zero-order valence-corrected chi connectivity index (χ0v) is 16.8. The van der Waals surface area contributed by atoms with Crippen molar-refractivity contribution in [1.82, 2.24) is 5.32 Å². The molecule has 0 aliphatic carbocycles. The molecule has 6 nitrogen and oxygen atoms in total. The van der Waals surface area contributed by atoms with E-state index in [0.717, 1.165) is 16.3 Å². The van der Waals surface area contributed by atoms with Crippen LogP contribution in [-0.4, -0.2) is 24.6 Å². The molecule has 2 atom stereocenters. The Kier molecular flexibility index (Phi) is 6.66. The van der Waals surface area contributed by atoms with Gasteiger partial charge in [0, 0.05) is 0 Å². The topological polar surface area (TPSA) is 88.4 Å². The van der Waals surface area contributed by atoms with Crippen LogP contribution >= 0.6 is 0 Å². The standard InChI is InChI=1S/C24H22N2O4/c1-16(21-9-5-7-19-6-3-4-8-22(19)21)26-23(27)15-29-24(28)17(2)30-20-12-10-18(14-25)11-13-20/h3-13,16-17H,15H2,1-2H3,(H,26,27)/t16-,17+/m0/s1. The van der Waals surface area contributed by atoms with Gasteiger partial charge in [-0.05, 0) is 54.4 Å². The van der Waals surface area contributed by atoms with Crippen LogP contribution in [0.2, 0.25) is 0 Å². The summed E-state index contributed by atoms with van der Waals surface area (Å²) in [5.74, 6) is -0.603. The first kappa shape index (κ1) is 20.9. The van der Waals surface area contributed by atoms with Gasteiger partial charge in [-0.15, -0.1) is 0 Å². The highest BCUT2D eigenvalue weighted by Gasteiger charge is 2.19. The second-order valence-corrected chi connectivity index (χ2v) is 6.86. The molecule has 3 aromatic carbocycles. The molecule has 0 aliphatic rings. The number of nitriles is 1. The molecule has 6 heteroatoms. The lowest BCUT2D eigenvalue weighted by atomic mass is 10.00. The third-order valence-corrected chi connectivity index (χ3v) is 4.64. The minimum absolute atomic E-state index is 0.241. The summed E-state index contributed by atoms with van der Waals surface area (Å²) >= 11 is 0. The van der Waals surface area contributed by atoms with Crippen LogP contribution in [-0.2, 0) is 14.3 Å². The Morgan fingerprint density at radius 3 is 2.43 bits per heavy atom. The van der Waals surface area contributed by atoms with Crippen molar-refractivity contribution in [3.8, 4) is 11.8 Å². The molecule has 0 spiro atoms. The second kappa shape index (κ2) is 9.57. The Morgan fingerprint density at radius 1 is 1.00 bits per heavy atom. The summed E-state index contributed by atoms with van der Waals surface area (Å²) in [6, 6.07) is 22.0. The molecular formula is C24H22N2O4. The lowest BCUT2D eigenvalue weighted by Gasteiger charge is -2.17. The number of esters is 1. The van der Waals surface area contributed by atoms with Crippen molar-refractivity contribution in [1.29, 1.82) is 5.26 Å². The van der Waals surface area contributed by atoms with Crippen molar-refractivity contribution in [2.24, 2.45) is 0 Å². The molecule has 0 aromatic heterocycles.